The molecule has 1 aliphatic rings. The summed E-state index contributed by atoms with van der Waals surface area (Å²) in [6, 6.07) is 8.30. The van der Waals surface area contributed by atoms with E-state index < -0.39 is 46.1 Å². The third kappa shape index (κ3) is 6.51. The maximum absolute atomic E-state index is 13.6. The molecule has 0 bridgehead atoms. The standard InChI is InChI=1S/C23H24F2N4O5S/c1-2-34-23(31)19-11-17(13-26)21(27-20(19)12-24)29-8-6-16(7-9-29)22(30)28-35(32,33)14-15-4-3-5-18(25)10-15/h3-5,10-11,16H,2,6-9,12,14H2,1H3,(H,28,30). The molecule has 12 heteroatoms. The Bertz CT molecular complexity index is 1260. The molecule has 1 saturated heterocycles. The number of halogens is 2. The van der Waals surface area contributed by atoms with E-state index in [9.17, 15) is 32.0 Å². The lowest BCUT2D eigenvalue weighted by Crippen LogP contribution is -2.43. The number of nitrogens with zero attached hydrogens (tertiary/aromatic N) is 3. The average molecular weight is 507 g/mol. The molecular formula is C23H24F2N4O5S. The van der Waals surface area contributed by atoms with Crippen molar-refractivity contribution in [1.29, 1.82) is 5.26 Å². The predicted octanol–water partition coefficient (Wildman–Crippen LogP) is 2.60. The highest BCUT2D eigenvalue weighted by Crippen LogP contribution is 2.27. The maximum atomic E-state index is 13.6. The van der Waals surface area contributed by atoms with Gasteiger partial charge in [0.25, 0.3) is 0 Å². The molecule has 9 nitrogen and oxygen atoms in total. The van der Waals surface area contributed by atoms with Crippen molar-refractivity contribution in [1.82, 2.24) is 9.71 Å². The van der Waals surface area contributed by atoms with E-state index in [1.807, 2.05) is 10.8 Å². The summed E-state index contributed by atoms with van der Waals surface area (Å²) in [7, 11) is -4.02. The van der Waals surface area contributed by atoms with Gasteiger partial charge in [-0.15, -0.1) is 0 Å². The first kappa shape index (κ1) is 26.0. The van der Waals surface area contributed by atoms with Crippen LogP contribution in [0.5, 0.6) is 0 Å². The fourth-order valence-electron chi connectivity index (χ4n) is 3.82. The lowest BCUT2D eigenvalue weighted by Gasteiger charge is -2.32. The summed E-state index contributed by atoms with van der Waals surface area (Å²) >= 11 is 0. The van der Waals surface area contributed by atoms with Gasteiger partial charge in [0.1, 0.15) is 24.4 Å². The Balaban J connectivity index is 1.67. The molecular weight excluding hydrogens is 482 g/mol. The second-order valence-corrected chi connectivity index (χ2v) is 9.66. The number of benzene rings is 1. The zero-order valence-electron chi connectivity index (χ0n) is 19.0. The molecule has 0 saturated carbocycles. The quantitative estimate of drug-likeness (QED) is 0.541. The molecule has 1 N–H and O–H groups in total. The molecule has 1 aromatic carbocycles. The number of anilines is 1. The molecule has 2 heterocycles. The smallest absolute Gasteiger partial charge is 0.340 e. The Kier molecular flexibility index (Phi) is 8.34. The van der Waals surface area contributed by atoms with Crippen molar-refractivity contribution >= 4 is 27.7 Å². The number of ether oxygens (including phenoxy) is 1. The van der Waals surface area contributed by atoms with Crippen LogP contribution in [0.2, 0.25) is 0 Å². The predicted molar refractivity (Wildman–Crippen MR) is 122 cm³/mol. The molecule has 0 atom stereocenters. The Morgan fingerprint density at radius 2 is 2.00 bits per heavy atom. The highest BCUT2D eigenvalue weighted by molar-refractivity contribution is 7.89. The van der Waals surface area contributed by atoms with Crippen molar-refractivity contribution in [3.8, 4) is 6.07 Å². The SMILES string of the molecule is CCOC(=O)c1cc(C#N)c(N2CCC(C(=O)NS(=O)(=O)Cc3cccc(F)c3)CC2)nc1CF. The van der Waals surface area contributed by atoms with E-state index in [1.165, 1.54) is 24.3 Å². The number of esters is 1. The fourth-order valence-corrected chi connectivity index (χ4v) is 4.99. The zero-order chi connectivity index (χ0) is 25.6. The normalized spacial score (nSPS) is 14.3. The van der Waals surface area contributed by atoms with Crippen LogP contribution < -0.4 is 9.62 Å². The molecule has 1 fully saturated rings. The molecule has 0 aliphatic carbocycles. The first-order chi connectivity index (χ1) is 16.7. The first-order valence-corrected chi connectivity index (χ1v) is 12.5. The molecule has 2 aromatic rings. The van der Waals surface area contributed by atoms with Gasteiger partial charge in [0.2, 0.25) is 15.9 Å². The van der Waals surface area contributed by atoms with Gasteiger partial charge in [-0.25, -0.2) is 27.0 Å². The van der Waals surface area contributed by atoms with E-state index in [1.54, 1.807) is 11.8 Å². The number of amides is 1. The minimum Gasteiger partial charge on any atom is -0.462 e. The lowest BCUT2D eigenvalue weighted by molar-refractivity contribution is -0.123. The number of carbonyl (C=O) groups is 2. The molecule has 0 radical (unpaired) electrons. The maximum Gasteiger partial charge on any atom is 0.340 e. The summed E-state index contributed by atoms with van der Waals surface area (Å²) < 4.78 is 58.5. The molecule has 3 rings (SSSR count). The van der Waals surface area contributed by atoms with Gasteiger partial charge < -0.3 is 9.64 Å². The number of rotatable bonds is 8. The summed E-state index contributed by atoms with van der Waals surface area (Å²) in [6.07, 6.45) is 0.525. The van der Waals surface area contributed by atoms with E-state index in [2.05, 4.69) is 4.98 Å². The van der Waals surface area contributed by atoms with Gasteiger partial charge in [0, 0.05) is 19.0 Å². The Hall–Kier alpha value is -3.59. The summed E-state index contributed by atoms with van der Waals surface area (Å²) in [6.45, 7) is 1.17. The number of aromatic nitrogens is 1. The van der Waals surface area contributed by atoms with Crippen LogP contribution in [0, 0.1) is 23.1 Å². The van der Waals surface area contributed by atoms with Crippen LogP contribution in [-0.4, -0.2) is 45.0 Å². The van der Waals surface area contributed by atoms with Gasteiger partial charge in [-0.1, -0.05) is 12.1 Å². The zero-order valence-corrected chi connectivity index (χ0v) is 19.8. The van der Waals surface area contributed by atoms with Crippen molar-refractivity contribution in [2.75, 3.05) is 24.6 Å². The number of sulfonamides is 1. The largest absolute Gasteiger partial charge is 0.462 e. The van der Waals surface area contributed by atoms with Crippen LogP contribution in [0.15, 0.2) is 30.3 Å². The van der Waals surface area contributed by atoms with E-state index in [-0.39, 0.29) is 60.7 Å². The van der Waals surface area contributed by atoms with Gasteiger partial charge in [-0.3, -0.25) is 9.52 Å². The molecule has 1 aliphatic heterocycles. The van der Waals surface area contributed by atoms with Gasteiger partial charge in [-0.05, 0) is 43.5 Å². The number of nitrogens with one attached hydrogen (secondary N) is 1. The van der Waals surface area contributed by atoms with Crippen LogP contribution >= 0.6 is 0 Å². The van der Waals surface area contributed by atoms with Gasteiger partial charge in [0.15, 0.2) is 0 Å². The monoisotopic (exact) mass is 506 g/mol. The number of nitriles is 1. The fraction of sp³-hybridized carbons (Fsp3) is 0.391. The van der Waals surface area contributed by atoms with Crippen LogP contribution in [0.3, 0.4) is 0 Å². The number of hydrogen-bond donors (Lipinski definition) is 1. The van der Waals surface area contributed by atoms with Gasteiger partial charge >= 0.3 is 5.97 Å². The minimum atomic E-state index is -4.02. The third-order valence-electron chi connectivity index (χ3n) is 5.49. The number of pyridine rings is 1. The Labute approximate surface area is 201 Å². The van der Waals surface area contributed by atoms with Gasteiger partial charge in [0.05, 0.1) is 29.2 Å². The van der Waals surface area contributed by atoms with Crippen LogP contribution in [-0.2, 0) is 32.0 Å². The summed E-state index contributed by atoms with van der Waals surface area (Å²) in [5, 5.41) is 9.54. The number of alkyl halides is 1. The molecule has 0 unspecified atom stereocenters. The molecule has 1 amide bonds. The van der Waals surface area contributed by atoms with Crippen molar-refractivity contribution in [2.24, 2.45) is 5.92 Å². The van der Waals surface area contributed by atoms with Crippen molar-refractivity contribution in [3.63, 3.8) is 0 Å². The second kappa shape index (κ2) is 11.2. The molecule has 186 valence electrons. The van der Waals surface area contributed by atoms with E-state index >= 15 is 0 Å². The van der Waals surface area contributed by atoms with Crippen molar-refractivity contribution in [2.45, 2.75) is 32.2 Å². The summed E-state index contributed by atoms with van der Waals surface area (Å²) in [5.74, 6) is -2.98. The second-order valence-electron chi connectivity index (χ2n) is 7.94. The Morgan fingerprint density at radius 1 is 1.29 bits per heavy atom. The van der Waals surface area contributed by atoms with E-state index in [0.717, 1.165) is 6.07 Å². The number of hydrogen-bond acceptors (Lipinski definition) is 8. The summed E-state index contributed by atoms with van der Waals surface area (Å²) in [5.41, 5.74) is 0.00385. The van der Waals surface area contributed by atoms with Gasteiger partial charge in [-0.2, -0.15) is 5.26 Å². The Morgan fingerprint density at radius 3 is 2.60 bits per heavy atom. The molecule has 0 spiro atoms. The van der Waals surface area contributed by atoms with Crippen molar-refractivity contribution in [3.05, 3.63) is 58.5 Å². The molecule has 35 heavy (non-hydrogen) atoms. The average Bonchev–Trinajstić information content (AvgIpc) is 2.82. The van der Waals surface area contributed by atoms with Crippen LogP contribution in [0.25, 0.3) is 0 Å². The summed E-state index contributed by atoms with van der Waals surface area (Å²) in [4.78, 5) is 30.5. The number of carbonyl (C=O) groups excluding carboxylic acids is 2. The van der Waals surface area contributed by atoms with E-state index in [4.69, 9.17) is 4.74 Å². The van der Waals surface area contributed by atoms with Crippen LogP contribution in [0.1, 0.15) is 46.9 Å². The minimum absolute atomic E-state index is 0.0609. The highest BCUT2D eigenvalue weighted by Gasteiger charge is 2.30. The number of piperidine rings is 1. The van der Waals surface area contributed by atoms with E-state index in [0.29, 0.717) is 0 Å². The third-order valence-corrected chi connectivity index (χ3v) is 6.72. The highest BCUT2D eigenvalue weighted by atomic mass is 32.2. The van der Waals surface area contributed by atoms with Crippen LogP contribution in [0.4, 0.5) is 14.6 Å². The first-order valence-electron chi connectivity index (χ1n) is 10.9. The van der Waals surface area contributed by atoms with Crippen molar-refractivity contribution < 1.29 is 31.5 Å². The lowest BCUT2D eigenvalue weighted by atomic mass is 9.96. The topological polar surface area (TPSA) is 129 Å². The molecule has 1 aromatic heterocycles.